The van der Waals surface area contributed by atoms with E-state index >= 15 is 0 Å². The number of nitrogens with zero attached hydrogens (tertiary/aromatic N) is 2. The fraction of sp³-hybridized carbons (Fsp3) is 0.706. The molecule has 0 saturated heterocycles. The van der Waals surface area contributed by atoms with Crippen LogP contribution in [0.5, 0.6) is 0 Å². The Morgan fingerprint density at radius 3 is 2.39 bits per heavy atom. The Bertz CT molecular complexity index is 416. The summed E-state index contributed by atoms with van der Waals surface area (Å²) >= 11 is 0. The predicted octanol–water partition coefficient (Wildman–Crippen LogP) is 3.32. The molecule has 1 heterocycles. The average molecular weight is 436 g/mol. The molecular weight excluding hydrogens is 403 g/mol. The average Bonchev–Trinajstić information content (AvgIpc) is 3.01. The molecule has 0 aliphatic heterocycles. The summed E-state index contributed by atoms with van der Waals surface area (Å²) in [5.41, 5.74) is 0. The second-order valence-corrected chi connectivity index (χ2v) is 5.76. The molecule has 0 spiro atoms. The van der Waals surface area contributed by atoms with Gasteiger partial charge in [0.15, 0.2) is 5.96 Å². The van der Waals surface area contributed by atoms with Gasteiger partial charge < -0.3 is 20.0 Å². The third-order valence-corrected chi connectivity index (χ3v) is 4.05. The summed E-state index contributed by atoms with van der Waals surface area (Å²) in [5.74, 6) is 2.41. The number of nitrogens with one attached hydrogen (secondary N) is 2. The van der Waals surface area contributed by atoms with E-state index in [1.165, 1.54) is 12.8 Å². The van der Waals surface area contributed by atoms with Crippen molar-refractivity contribution in [2.24, 2.45) is 10.9 Å². The smallest absolute Gasteiger partial charge is 0.191 e. The number of hydrogen-bond donors (Lipinski definition) is 2. The van der Waals surface area contributed by atoms with E-state index in [1.54, 1.807) is 6.26 Å². The first-order valence-corrected chi connectivity index (χ1v) is 8.33. The molecule has 1 aromatic heterocycles. The standard InChI is InChI=1S/C17H32N4O.HI/c1-6-14(7-2)16(21(4)5)13-20-17(18-8-3)19-12-15-10-9-11-22-15;/h9-11,14,16H,6-8,12-13H2,1-5H3,(H2,18,19,20);1H. The quantitative estimate of drug-likeness (QED) is 0.354. The zero-order chi connectivity index (χ0) is 16.4. The lowest BCUT2D eigenvalue weighted by atomic mass is 9.93. The summed E-state index contributed by atoms with van der Waals surface area (Å²) in [7, 11) is 4.30. The molecule has 0 aliphatic rings. The Kier molecular flexibility index (Phi) is 12.2. The minimum absolute atomic E-state index is 0. The van der Waals surface area contributed by atoms with Gasteiger partial charge in [0, 0.05) is 19.1 Å². The molecule has 6 heteroatoms. The fourth-order valence-electron chi connectivity index (χ4n) is 2.71. The summed E-state index contributed by atoms with van der Waals surface area (Å²) in [6, 6.07) is 4.34. The number of hydrogen-bond acceptors (Lipinski definition) is 3. The number of aliphatic imine (C=N–C) groups is 1. The number of likely N-dealkylation sites (N-methyl/N-ethyl adjacent to an activating group) is 1. The first kappa shape index (κ1) is 22.2. The van der Waals surface area contributed by atoms with Crippen LogP contribution >= 0.6 is 24.0 Å². The normalized spacial score (nSPS) is 13.1. The van der Waals surface area contributed by atoms with Crippen molar-refractivity contribution in [3.8, 4) is 0 Å². The lowest BCUT2D eigenvalue weighted by molar-refractivity contribution is 0.200. The summed E-state index contributed by atoms with van der Waals surface area (Å²) in [5, 5.41) is 6.76. The predicted molar refractivity (Wildman–Crippen MR) is 108 cm³/mol. The third-order valence-electron chi connectivity index (χ3n) is 4.05. The monoisotopic (exact) mass is 436 g/mol. The van der Waals surface area contributed by atoms with Crippen LogP contribution in [0.15, 0.2) is 27.8 Å². The molecule has 134 valence electrons. The van der Waals surface area contributed by atoms with E-state index < -0.39 is 0 Å². The molecule has 0 aliphatic carbocycles. The maximum atomic E-state index is 5.33. The van der Waals surface area contributed by atoms with Crippen molar-refractivity contribution < 1.29 is 4.42 Å². The van der Waals surface area contributed by atoms with E-state index in [2.05, 4.69) is 55.4 Å². The third kappa shape index (κ3) is 8.06. The fourth-order valence-corrected chi connectivity index (χ4v) is 2.71. The molecule has 1 aromatic rings. The molecule has 0 saturated carbocycles. The van der Waals surface area contributed by atoms with Gasteiger partial charge in [-0.05, 0) is 39.1 Å². The van der Waals surface area contributed by atoms with Gasteiger partial charge in [0.2, 0.25) is 0 Å². The number of furan rings is 1. The largest absolute Gasteiger partial charge is 0.467 e. The Balaban J connectivity index is 0.00000484. The highest BCUT2D eigenvalue weighted by Gasteiger charge is 2.20. The topological polar surface area (TPSA) is 52.8 Å². The maximum absolute atomic E-state index is 5.33. The minimum Gasteiger partial charge on any atom is -0.467 e. The van der Waals surface area contributed by atoms with Crippen LogP contribution in [-0.2, 0) is 6.54 Å². The maximum Gasteiger partial charge on any atom is 0.191 e. The zero-order valence-corrected chi connectivity index (χ0v) is 17.5. The van der Waals surface area contributed by atoms with Crippen LogP contribution in [0.3, 0.4) is 0 Å². The van der Waals surface area contributed by atoms with Crippen molar-refractivity contribution in [1.82, 2.24) is 15.5 Å². The lowest BCUT2D eigenvalue weighted by Gasteiger charge is -2.32. The Morgan fingerprint density at radius 2 is 1.91 bits per heavy atom. The highest BCUT2D eigenvalue weighted by molar-refractivity contribution is 14.0. The molecule has 23 heavy (non-hydrogen) atoms. The van der Waals surface area contributed by atoms with Gasteiger partial charge in [-0.1, -0.05) is 26.7 Å². The molecule has 0 aromatic carbocycles. The molecule has 0 amide bonds. The van der Waals surface area contributed by atoms with E-state index in [9.17, 15) is 0 Å². The first-order chi connectivity index (χ1) is 10.6. The van der Waals surface area contributed by atoms with Gasteiger partial charge in [-0.15, -0.1) is 24.0 Å². The molecule has 0 fully saturated rings. The van der Waals surface area contributed by atoms with E-state index in [1.807, 2.05) is 12.1 Å². The summed E-state index contributed by atoms with van der Waals surface area (Å²) in [4.78, 5) is 6.89. The summed E-state index contributed by atoms with van der Waals surface area (Å²) in [6.07, 6.45) is 4.07. The van der Waals surface area contributed by atoms with Crippen LogP contribution in [-0.4, -0.2) is 44.1 Å². The first-order valence-electron chi connectivity index (χ1n) is 8.33. The highest BCUT2D eigenvalue weighted by Crippen LogP contribution is 2.16. The van der Waals surface area contributed by atoms with Crippen LogP contribution in [0, 0.1) is 5.92 Å². The van der Waals surface area contributed by atoms with Gasteiger partial charge in [-0.2, -0.15) is 0 Å². The van der Waals surface area contributed by atoms with Gasteiger partial charge >= 0.3 is 0 Å². The Labute approximate surface area is 158 Å². The van der Waals surface area contributed by atoms with Crippen LogP contribution in [0.4, 0.5) is 0 Å². The molecule has 1 unspecified atom stereocenters. The van der Waals surface area contributed by atoms with Crippen molar-refractivity contribution in [3.63, 3.8) is 0 Å². The molecule has 0 bridgehead atoms. The molecule has 1 atom stereocenters. The van der Waals surface area contributed by atoms with Crippen LogP contribution in [0.1, 0.15) is 39.4 Å². The summed E-state index contributed by atoms with van der Waals surface area (Å²) in [6.45, 7) is 8.90. The van der Waals surface area contributed by atoms with Crippen LogP contribution in [0.25, 0.3) is 0 Å². The highest BCUT2D eigenvalue weighted by atomic mass is 127. The van der Waals surface area contributed by atoms with Crippen LogP contribution < -0.4 is 10.6 Å². The van der Waals surface area contributed by atoms with Gasteiger partial charge in [-0.3, -0.25) is 0 Å². The van der Waals surface area contributed by atoms with Crippen LogP contribution in [0.2, 0.25) is 0 Å². The second-order valence-electron chi connectivity index (χ2n) is 5.76. The molecule has 2 N–H and O–H groups in total. The van der Waals surface area contributed by atoms with Gasteiger partial charge in [0.1, 0.15) is 12.3 Å². The van der Waals surface area contributed by atoms with Gasteiger partial charge in [0.25, 0.3) is 0 Å². The minimum atomic E-state index is 0. The number of halogens is 1. The van der Waals surface area contributed by atoms with Crippen molar-refractivity contribution in [1.29, 1.82) is 0 Å². The van der Waals surface area contributed by atoms with E-state index in [0.29, 0.717) is 18.5 Å². The molecule has 0 radical (unpaired) electrons. The SMILES string of the molecule is CCNC(=NCc1ccco1)NCC(C(CC)CC)N(C)C.I. The lowest BCUT2D eigenvalue weighted by Crippen LogP contribution is -2.48. The number of rotatable bonds is 9. The number of guanidine groups is 1. The van der Waals surface area contributed by atoms with E-state index in [0.717, 1.165) is 24.8 Å². The van der Waals surface area contributed by atoms with E-state index in [4.69, 9.17) is 4.42 Å². The molecular formula is C17H33IN4O. The van der Waals surface area contributed by atoms with Crippen molar-refractivity contribution in [2.45, 2.75) is 46.2 Å². The molecule has 1 rings (SSSR count). The van der Waals surface area contributed by atoms with Gasteiger partial charge in [-0.25, -0.2) is 4.99 Å². The van der Waals surface area contributed by atoms with Crippen molar-refractivity contribution in [2.75, 3.05) is 27.2 Å². The second kappa shape index (κ2) is 12.6. The van der Waals surface area contributed by atoms with Crippen molar-refractivity contribution in [3.05, 3.63) is 24.2 Å². The van der Waals surface area contributed by atoms with E-state index in [-0.39, 0.29) is 24.0 Å². The zero-order valence-electron chi connectivity index (χ0n) is 15.1. The molecule has 5 nitrogen and oxygen atoms in total. The Morgan fingerprint density at radius 1 is 1.22 bits per heavy atom. The summed E-state index contributed by atoms with van der Waals surface area (Å²) < 4.78 is 5.33. The van der Waals surface area contributed by atoms with Crippen molar-refractivity contribution >= 4 is 29.9 Å². The Hall–Kier alpha value is -0.760. The van der Waals surface area contributed by atoms with Gasteiger partial charge in [0.05, 0.1) is 6.26 Å².